The molecule has 0 unspecified atom stereocenters. The Bertz CT molecular complexity index is 766. The van der Waals surface area contributed by atoms with E-state index in [0.29, 0.717) is 30.4 Å². The van der Waals surface area contributed by atoms with Gasteiger partial charge >= 0.3 is 0 Å². The first-order valence-electron chi connectivity index (χ1n) is 7.75. The third kappa shape index (κ3) is 3.15. The summed E-state index contributed by atoms with van der Waals surface area (Å²) in [5.41, 5.74) is 0.411. The highest BCUT2D eigenvalue weighted by Gasteiger charge is 2.33. The molecular formula is C15H19N5O3. The molecule has 8 heteroatoms. The molecular weight excluding hydrogens is 298 g/mol. The summed E-state index contributed by atoms with van der Waals surface area (Å²) in [7, 11) is 0. The molecule has 0 radical (unpaired) electrons. The zero-order valence-corrected chi connectivity index (χ0v) is 13.2. The summed E-state index contributed by atoms with van der Waals surface area (Å²) in [4.78, 5) is 30.4. The number of hydrogen-bond donors (Lipinski definition) is 0. The van der Waals surface area contributed by atoms with E-state index in [-0.39, 0.29) is 24.1 Å². The lowest BCUT2D eigenvalue weighted by Crippen LogP contribution is -2.37. The van der Waals surface area contributed by atoms with E-state index >= 15 is 0 Å². The third-order valence-electron chi connectivity index (χ3n) is 3.94. The predicted molar refractivity (Wildman–Crippen MR) is 80.6 cm³/mol. The largest absolute Gasteiger partial charge is 0.339 e. The molecule has 0 saturated carbocycles. The maximum Gasteiger partial charge on any atom is 0.267 e. The van der Waals surface area contributed by atoms with Crippen molar-refractivity contribution in [2.45, 2.75) is 45.7 Å². The van der Waals surface area contributed by atoms with E-state index in [1.165, 1.54) is 10.7 Å². The highest BCUT2D eigenvalue weighted by molar-refractivity contribution is 5.76. The van der Waals surface area contributed by atoms with Gasteiger partial charge in [-0.3, -0.25) is 9.59 Å². The maximum atomic E-state index is 12.6. The lowest BCUT2D eigenvalue weighted by Gasteiger charge is -2.22. The highest BCUT2D eigenvalue weighted by Crippen LogP contribution is 2.30. The SMILES string of the molecule is CCc1nc([C@H]2CCCN2C(=O)Cn2nc(C)ccc2=O)no1. The number of aromatic nitrogens is 4. The van der Waals surface area contributed by atoms with E-state index < -0.39 is 0 Å². The minimum atomic E-state index is -0.285. The van der Waals surface area contributed by atoms with E-state index in [9.17, 15) is 9.59 Å². The molecule has 1 saturated heterocycles. The van der Waals surface area contributed by atoms with Crippen LogP contribution >= 0.6 is 0 Å². The molecule has 2 aromatic rings. The molecule has 23 heavy (non-hydrogen) atoms. The fourth-order valence-electron chi connectivity index (χ4n) is 2.76. The van der Waals surface area contributed by atoms with Crippen molar-refractivity contribution in [1.82, 2.24) is 24.8 Å². The Labute approximate surface area is 133 Å². The lowest BCUT2D eigenvalue weighted by atomic mass is 10.2. The number of carbonyl (C=O) groups is 1. The topological polar surface area (TPSA) is 94.1 Å². The fraction of sp³-hybridized carbons (Fsp3) is 0.533. The Morgan fingerprint density at radius 3 is 3.00 bits per heavy atom. The molecule has 1 aliphatic rings. The molecule has 8 nitrogen and oxygen atoms in total. The summed E-state index contributed by atoms with van der Waals surface area (Å²) in [6, 6.07) is 2.87. The average Bonchev–Trinajstić information content (AvgIpc) is 3.18. The Kier molecular flexibility index (Phi) is 4.22. The van der Waals surface area contributed by atoms with Gasteiger partial charge in [0.25, 0.3) is 5.56 Å². The molecule has 1 amide bonds. The predicted octanol–water partition coefficient (Wildman–Crippen LogP) is 0.861. The molecule has 0 bridgehead atoms. The first kappa shape index (κ1) is 15.4. The maximum absolute atomic E-state index is 12.6. The number of amides is 1. The summed E-state index contributed by atoms with van der Waals surface area (Å²) in [5, 5.41) is 8.08. The second-order valence-corrected chi connectivity index (χ2v) is 5.62. The molecule has 1 aliphatic heterocycles. The van der Waals surface area contributed by atoms with Gasteiger partial charge in [0.15, 0.2) is 5.82 Å². The zero-order chi connectivity index (χ0) is 16.4. The Hall–Kier alpha value is -2.51. The summed E-state index contributed by atoms with van der Waals surface area (Å²) in [5.74, 6) is 0.948. The second kappa shape index (κ2) is 6.31. The van der Waals surface area contributed by atoms with Gasteiger partial charge in [0.05, 0.1) is 11.7 Å². The Morgan fingerprint density at radius 2 is 2.26 bits per heavy atom. The molecule has 122 valence electrons. The zero-order valence-electron chi connectivity index (χ0n) is 13.2. The van der Waals surface area contributed by atoms with Crippen molar-refractivity contribution >= 4 is 5.91 Å². The van der Waals surface area contributed by atoms with Crippen molar-refractivity contribution in [3.8, 4) is 0 Å². The first-order valence-corrected chi connectivity index (χ1v) is 7.75. The van der Waals surface area contributed by atoms with Gasteiger partial charge in [-0.1, -0.05) is 12.1 Å². The molecule has 1 fully saturated rings. The van der Waals surface area contributed by atoms with Crippen molar-refractivity contribution in [1.29, 1.82) is 0 Å². The van der Waals surface area contributed by atoms with Gasteiger partial charge in [-0.2, -0.15) is 10.1 Å². The van der Waals surface area contributed by atoms with Crippen LogP contribution in [-0.4, -0.2) is 37.3 Å². The monoisotopic (exact) mass is 317 g/mol. The summed E-state index contributed by atoms with van der Waals surface area (Å²) in [6.45, 7) is 4.27. The van der Waals surface area contributed by atoms with Crippen LogP contribution in [0.4, 0.5) is 0 Å². The van der Waals surface area contributed by atoms with Crippen molar-refractivity contribution < 1.29 is 9.32 Å². The summed E-state index contributed by atoms with van der Waals surface area (Å²) < 4.78 is 6.34. The van der Waals surface area contributed by atoms with Crippen LogP contribution < -0.4 is 5.56 Å². The van der Waals surface area contributed by atoms with Gasteiger partial charge in [-0.15, -0.1) is 0 Å². The van der Waals surface area contributed by atoms with Crippen LogP contribution in [-0.2, 0) is 17.8 Å². The Balaban J connectivity index is 1.78. The van der Waals surface area contributed by atoms with Gasteiger partial charge in [0, 0.05) is 19.0 Å². The van der Waals surface area contributed by atoms with Gasteiger partial charge in [-0.25, -0.2) is 4.68 Å². The lowest BCUT2D eigenvalue weighted by molar-refractivity contribution is -0.133. The van der Waals surface area contributed by atoms with Crippen LogP contribution in [0, 0.1) is 6.92 Å². The van der Waals surface area contributed by atoms with Crippen LogP contribution in [0.3, 0.4) is 0 Å². The van der Waals surface area contributed by atoms with Crippen molar-refractivity contribution in [2.24, 2.45) is 0 Å². The van der Waals surface area contributed by atoms with E-state index in [0.717, 1.165) is 12.8 Å². The molecule has 0 aliphatic carbocycles. The van der Waals surface area contributed by atoms with Gasteiger partial charge < -0.3 is 9.42 Å². The number of nitrogens with zero attached hydrogens (tertiary/aromatic N) is 5. The number of likely N-dealkylation sites (tertiary alicyclic amines) is 1. The van der Waals surface area contributed by atoms with Crippen LogP contribution in [0.15, 0.2) is 21.5 Å². The molecule has 1 atom stereocenters. The first-order chi connectivity index (χ1) is 11.1. The number of aryl methyl sites for hydroxylation is 2. The van der Waals surface area contributed by atoms with Crippen LogP contribution in [0.25, 0.3) is 0 Å². The molecule has 0 aromatic carbocycles. The minimum absolute atomic E-state index is 0.0739. The Morgan fingerprint density at radius 1 is 1.43 bits per heavy atom. The summed E-state index contributed by atoms with van der Waals surface area (Å²) >= 11 is 0. The number of rotatable bonds is 4. The molecule has 0 N–H and O–H groups in total. The van der Waals surface area contributed by atoms with E-state index in [4.69, 9.17) is 4.52 Å². The van der Waals surface area contributed by atoms with Gasteiger partial charge in [-0.05, 0) is 25.8 Å². The normalized spacial score (nSPS) is 17.7. The fourth-order valence-corrected chi connectivity index (χ4v) is 2.76. The standard InChI is InChI=1S/C15H19N5O3/c1-3-12-16-15(18-23-12)11-5-4-8-19(11)14(22)9-20-13(21)7-6-10(2)17-20/h6-7,11H,3-5,8-9H2,1-2H3/t11-/m1/s1. The second-order valence-electron chi connectivity index (χ2n) is 5.62. The average molecular weight is 317 g/mol. The van der Waals surface area contributed by atoms with Crippen LogP contribution in [0.2, 0.25) is 0 Å². The van der Waals surface area contributed by atoms with Crippen molar-refractivity contribution in [2.75, 3.05) is 6.54 Å². The molecule has 2 aromatic heterocycles. The molecule has 3 rings (SSSR count). The minimum Gasteiger partial charge on any atom is -0.339 e. The third-order valence-corrected chi connectivity index (χ3v) is 3.94. The van der Waals surface area contributed by atoms with Crippen molar-refractivity contribution in [3.05, 3.63) is 39.9 Å². The van der Waals surface area contributed by atoms with Crippen LogP contribution in [0.5, 0.6) is 0 Å². The van der Waals surface area contributed by atoms with E-state index in [2.05, 4.69) is 15.2 Å². The van der Waals surface area contributed by atoms with Crippen LogP contribution in [0.1, 0.15) is 43.2 Å². The van der Waals surface area contributed by atoms with E-state index in [1.807, 2.05) is 6.92 Å². The highest BCUT2D eigenvalue weighted by atomic mass is 16.5. The van der Waals surface area contributed by atoms with E-state index in [1.54, 1.807) is 17.9 Å². The number of carbonyl (C=O) groups excluding carboxylic acids is 1. The molecule has 0 spiro atoms. The molecule has 3 heterocycles. The smallest absolute Gasteiger partial charge is 0.267 e. The van der Waals surface area contributed by atoms with Gasteiger partial charge in [0.1, 0.15) is 6.54 Å². The quantitative estimate of drug-likeness (QED) is 0.830. The summed E-state index contributed by atoms with van der Waals surface area (Å²) in [6.07, 6.45) is 2.34. The van der Waals surface area contributed by atoms with Crippen molar-refractivity contribution in [3.63, 3.8) is 0 Å². The number of hydrogen-bond acceptors (Lipinski definition) is 6. The van der Waals surface area contributed by atoms with Gasteiger partial charge in [0.2, 0.25) is 11.8 Å².